The van der Waals surface area contributed by atoms with Gasteiger partial charge in [-0.2, -0.15) is 5.10 Å². The summed E-state index contributed by atoms with van der Waals surface area (Å²) in [6.45, 7) is 6.03. The van der Waals surface area contributed by atoms with Crippen LogP contribution in [0.3, 0.4) is 0 Å². The molecule has 0 fully saturated rings. The summed E-state index contributed by atoms with van der Waals surface area (Å²) in [7, 11) is 1.81. The molecule has 3 aromatic rings. The average molecular weight is 340 g/mol. The molecule has 2 aromatic heterocycles. The van der Waals surface area contributed by atoms with Crippen LogP contribution in [-0.2, 0) is 13.1 Å². The number of H-pyrrole nitrogens is 1. The van der Waals surface area contributed by atoms with E-state index in [1.165, 1.54) is 0 Å². The third-order valence-electron chi connectivity index (χ3n) is 4.24. The summed E-state index contributed by atoms with van der Waals surface area (Å²) < 4.78 is 1.99. The van der Waals surface area contributed by atoms with Crippen molar-refractivity contribution in [2.24, 2.45) is 0 Å². The zero-order valence-electron chi connectivity index (χ0n) is 14.9. The number of aromatic amines is 1. The van der Waals surface area contributed by atoms with Crippen LogP contribution < -0.4 is 5.32 Å². The molecule has 0 radical (unpaired) electrons. The first kappa shape index (κ1) is 17.0. The van der Waals surface area contributed by atoms with Crippen molar-refractivity contribution in [1.82, 2.24) is 30.0 Å². The van der Waals surface area contributed by atoms with Crippen molar-refractivity contribution >= 4 is 17.1 Å². The molecule has 7 heteroatoms. The molecular formula is C18H24N6O. The van der Waals surface area contributed by atoms with E-state index in [-0.39, 0.29) is 6.03 Å². The maximum absolute atomic E-state index is 12.2. The Kier molecular flexibility index (Phi) is 5.02. The quantitative estimate of drug-likeness (QED) is 0.724. The molecule has 0 saturated heterocycles. The Balaban J connectivity index is 1.44. The highest BCUT2D eigenvalue weighted by Crippen LogP contribution is 2.11. The van der Waals surface area contributed by atoms with E-state index >= 15 is 0 Å². The SMILES string of the molecule is Cc1cc(C)n(CCCN(C)C(=O)NCc2ccc3nc[nH]c3c2)n1. The molecule has 2 N–H and O–H groups in total. The predicted molar refractivity (Wildman–Crippen MR) is 97.3 cm³/mol. The van der Waals surface area contributed by atoms with Gasteiger partial charge in [0.05, 0.1) is 23.1 Å². The Morgan fingerprint density at radius 2 is 2.16 bits per heavy atom. The van der Waals surface area contributed by atoms with Gasteiger partial charge in [-0.1, -0.05) is 6.07 Å². The van der Waals surface area contributed by atoms with Gasteiger partial charge in [0.2, 0.25) is 0 Å². The van der Waals surface area contributed by atoms with Crippen LogP contribution in [0.4, 0.5) is 4.79 Å². The number of aromatic nitrogens is 4. The second-order valence-electron chi connectivity index (χ2n) is 6.34. The molecule has 132 valence electrons. The normalized spacial score (nSPS) is 11.0. The molecule has 7 nitrogen and oxygen atoms in total. The summed E-state index contributed by atoms with van der Waals surface area (Å²) in [5.41, 5.74) is 5.12. The number of rotatable bonds is 6. The van der Waals surface area contributed by atoms with Crippen molar-refractivity contribution in [3.8, 4) is 0 Å². The minimum atomic E-state index is -0.0712. The number of fused-ring (bicyclic) bond motifs is 1. The molecule has 0 aliphatic rings. The number of imidazole rings is 1. The van der Waals surface area contributed by atoms with Gasteiger partial charge in [0, 0.05) is 32.4 Å². The van der Waals surface area contributed by atoms with Gasteiger partial charge in [0.25, 0.3) is 0 Å². The van der Waals surface area contributed by atoms with Gasteiger partial charge in [0.1, 0.15) is 0 Å². The third kappa shape index (κ3) is 4.17. The van der Waals surface area contributed by atoms with Crippen molar-refractivity contribution < 1.29 is 4.79 Å². The van der Waals surface area contributed by atoms with E-state index in [1.807, 2.05) is 43.8 Å². The maximum Gasteiger partial charge on any atom is 0.317 e. The van der Waals surface area contributed by atoms with Crippen molar-refractivity contribution in [2.75, 3.05) is 13.6 Å². The lowest BCUT2D eigenvalue weighted by molar-refractivity contribution is 0.207. The first-order chi connectivity index (χ1) is 12.0. The number of urea groups is 1. The highest BCUT2D eigenvalue weighted by atomic mass is 16.2. The van der Waals surface area contributed by atoms with Gasteiger partial charge in [-0.15, -0.1) is 0 Å². The van der Waals surface area contributed by atoms with Gasteiger partial charge in [-0.3, -0.25) is 4.68 Å². The zero-order valence-corrected chi connectivity index (χ0v) is 14.9. The van der Waals surface area contributed by atoms with E-state index in [0.29, 0.717) is 13.1 Å². The minimum Gasteiger partial charge on any atom is -0.345 e. The van der Waals surface area contributed by atoms with Crippen LogP contribution in [0.25, 0.3) is 11.0 Å². The number of nitrogens with zero attached hydrogens (tertiary/aromatic N) is 4. The van der Waals surface area contributed by atoms with Crippen LogP contribution in [0.2, 0.25) is 0 Å². The van der Waals surface area contributed by atoms with E-state index in [9.17, 15) is 4.79 Å². The van der Waals surface area contributed by atoms with Gasteiger partial charge in [0.15, 0.2) is 0 Å². The van der Waals surface area contributed by atoms with Gasteiger partial charge < -0.3 is 15.2 Å². The fraction of sp³-hybridized carbons (Fsp3) is 0.389. The summed E-state index contributed by atoms with van der Waals surface area (Å²) in [5, 5.41) is 7.39. The molecule has 0 unspecified atom stereocenters. The monoisotopic (exact) mass is 340 g/mol. The number of amides is 2. The van der Waals surface area contributed by atoms with Crippen molar-refractivity contribution in [2.45, 2.75) is 33.4 Å². The second-order valence-corrected chi connectivity index (χ2v) is 6.34. The maximum atomic E-state index is 12.2. The van der Waals surface area contributed by atoms with Crippen molar-refractivity contribution in [3.05, 3.63) is 47.5 Å². The number of carbonyl (C=O) groups excluding carboxylic acids is 1. The van der Waals surface area contributed by atoms with E-state index in [0.717, 1.165) is 41.0 Å². The Morgan fingerprint density at radius 3 is 2.92 bits per heavy atom. The fourth-order valence-electron chi connectivity index (χ4n) is 2.87. The second kappa shape index (κ2) is 7.38. The molecule has 0 aliphatic carbocycles. The molecule has 0 aliphatic heterocycles. The lowest BCUT2D eigenvalue weighted by Gasteiger charge is -2.18. The summed E-state index contributed by atoms with van der Waals surface area (Å²) in [6.07, 6.45) is 2.54. The molecule has 1 aromatic carbocycles. The Labute approximate surface area is 147 Å². The van der Waals surface area contributed by atoms with E-state index in [4.69, 9.17) is 0 Å². The molecule has 0 bridgehead atoms. The standard InChI is InChI=1S/C18H24N6O/c1-13-9-14(2)24(22-13)8-4-7-23(3)18(25)19-11-15-5-6-16-17(10-15)21-12-20-16/h5-6,9-10,12H,4,7-8,11H2,1-3H3,(H,19,25)(H,20,21). The van der Waals surface area contributed by atoms with Crippen LogP contribution in [0.5, 0.6) is 0 Å². The summed E-state index contributed by atoms with van der Waals surface area (Å²) >= 11 is 0. The number of hydrogen-bond acceptors (Lipinski definition) is 3. The highest BCUT2D eigenvalue weighted by molar-refractivity contribution is 5.76. The molecule has 2 amide bonds. The molecule has 2 heterocycles. The Bertz CT molecular complexity index is 865. The average Bonchev–Trinajstić information content (AvgIpc) is 3.18. The largest absolute Gasteiger partial charge is 0.345 e. The Hall–Kier alpha value is -2.83. The Morgan fingerprint density at radius 1 is 1.32 bits per heavy atom. The van der Waals surface area contributed by atoms with Crippen LogP contribution in [0, 0.1) is 13.8 Å². The number of hydrogen-bond donors (Lipinski definition) is 2. The summed E-state index contributed by atoms with van der Waals surface area (Å²) in [4.78, 5) is 21.2. The van der Waals surface area contributed by atoms with Crippen LogP contribution in [-0.4, -0.2) is 44.3 Å². The molecular weight excluding hydrogens is 316 g/mol. The highest BCUT2D eigenvalue weighted by Gasteiger charge is 2.09. The van der Waals surface area contributed by atoms with Gasteiger partial charge in [-0.25, -0.2) is 9.78 Å². The zero-order chi connectivity index (χ0) is 17.8. The van der Waals surface area contributed by atoms with Crippen LogP contribution in [0.1, 0.15) is 23.4 Å². The predicted octanol–water partition coefficient (Wildman–Crippen LogP) is 2.61. The smallest absolute Gasteiger partial charge is 0.317 e. The van der Waals surface area contributed by atoms with Crippen molar-refractivity contribution in [1.29, 1.82) is 0 Å². The van der Waals surface area contributed by atoms with Gasteiger partial charge >= 0.3 is 6.03 Å². The lowest BCUT2D eigenvalue weighted by atomic mass is 10.2. The van der Waals surface area contributed by atoms with Crippen LogP contribution >= 0.6 is 0 Å². The molecule has 3 rings (SSSR count). The summed E-state index contributed by atoms with van der Waals surface area (Å²) in [5.74, 6) is 0. The first-order valence-corrected chi connectivity index (χ1v) is 8.45. The molecule has 25 heavy (non-hydrogen) atoms. The first-order valence-electron chi connectivity index (χ1n) is 8.45. The molecule has 0 atom stereocenters. The summed E-state index contributed by atoms with van der Waals surface area (Å²) in [6, 6.07) is 7.92. The number of carbonyl (C=O) groups is 1. The minimum absolute atomic E-state index is 0.0712. The number of nitrogens with one attached hydrogen (secondary N) is 2. The molecule has 0 saturated carbocycles. The number of benzene rings is 1. The van der Waals surface area contributed by atoms with E-state index < -0.39 is 0 Å². The van der Waals surface area contributed by atoms with Crippen LogP contribution in [0.15, 0.2) is 30.6 Å². The van der Waals surface area contributed by atoms with E-state index in [2.05, 4.69) is 26.4 Å². The van der Waals surface area contributed by atoms with Crippen molar-refractivity contribution in [3.63, 3.8) is 0 Å². The topological polar surface area (TPSA) is 78.8 Å². The van der Waals surface area contributed by atoms with E-state index in [1.54, 1.807) is 11.2 Å². The van der Waals surface area contributed by atoms with Gasteiger partial charge in [-0.05, 0) is 44.0 Å². The molecule has 0 spiro atoms. The number of aryl methyl sites for hydroxylation is 3. The fourth-order valence-corrected chi connectivity index (χ4v) is 2.87. The third-order valence-corrected chi connectivity index (χ3v) is 4.24. The lowest BCUT2D eigenvalue weighted by Crippen LogP contribution is -2.37.